The monoisotopic (exact) mass is 818 g/mol. The molecule has 314 valence electrons. The number of hydrogen-bond acceptors (Lipinski definition) is 8. The molecule has 2 aliphatic carbocycles. The number of alkyl carbamates (subject to hydrolysis) is 2. The Morgan fingerprint density at radius 1 is 0.733 bits per heavy atom. The quantitative estimate of drug-likeness (QED) is 0.114. The first-order chi connectivity index (χ1) is 28.8. The highest BCUT2D eigenvalue weighted by Crippen LogP contribution is 2.55. The van der Waals surface area contributed by atoms with E-state index in [1.165, 1.54) is 20.3 Å². The second kappa shape index (κ2) is 14.9. The summed E-state index contributed by atoms with van der Waals surface area (Å²) < 4.78 is 25.7. The predicted molar refractivity (Wildman–Crippen MR) is 222 cm³/mol. The van der Waals surface area contributed by atoms with Gasteiger partial charge in [0.2, 0.25) is 11.8 Å². The van der Waals surface area contributed by atoms with Gasteiger partial charge in [-0.1, -0.05) is 52.0 Å². The number of rotatable bonds is 10. The number of aromatic amines is 2. The molecule has 2 unspecified atom stereocenters. The Kier molecular flexibility index (Phi) is 9.82. The van der Waals surface area contributed by atoms with Crippen molar-refractivity contribution in [3.63, 3.8) is 0 Å². The van der Waals surface area contributed by atoms with Crippen molar-refractivity contribution in [2.24, 2.45) is 23.7 Å². The highest BCUT2D eigenvalue weighted by molar-refractivity contribution is 6.05. The van der Waals surface area contributed by atoms with Crippen molar-refractivity contribution in [2.45, 2.75) is 96.6 Å². The Hall–Kier alpha value is -5.99. The largest absolute Gasteiger partial charge is 0.453 e. The summed E-state index contributed by atoms with van der Waals surface area (Å²) in [4.78, 5) is 72.6. The van der Waals surface area contributed by atoms with E-state index in [9.17, 15) is 19.2 Å². The zero-order valence-electron chi connectivity index (χ0n) is 34.8. The molecular formula is C45H51FN8O6. The van der Waals surface area contributed by atoms with E-state index in [2.05, 4.69) is 20.6 Å². The molecule has 2 saturated carbocycles. The second-order valence-corrected chi connectivity index (χ2v) is 17.6. The van der Waals surface area contributed by atoms with Gasteiger partial charge in [-0.05, 0) is 97.1 Å². The number of aryl methyl sites for hydroxylation is 1. The molecule has 3 aromatic carbocycles. The molecule has 4 heterocycles. The van der Waals surface area contributed by atoms with E-state index < -0.39 is 30.1 Å². The SMILES string of the molecule is COC(=O)N[C@H](C(=O)N1C2C[C@@H]2C[C@H]1c1nc(-c2ccc(-c3ccc4c(ccc5[nH]c([C@@H]6CC7C[C@H]7N6C(=O)[C@@H](NC(=O)OC)C(C)C)nc54)c3)cc2F)c(C)[nH]1)C(C)C. The molecule has 2 aromatic heterocycles. The van der Waals surface area contributed by atoms with Gasteiger partial charge in [-0.2, -0.15) is 0 Å². The lowest BCUT2D eigenvalue weighted by atomic mass is 9.98. The molecule has 14 nitrogen and oxygen atoms in total. The molecule has 4 amide bonds. The summed E-state index contributed by atoms with van der Waals surface area (Å²) in [6.07, 6.45) is 2.12. The van der Waals surface area contributed by atoms with Gasteiger partial charge >= 0.3 is 12.2 Å². The van der Waals surface area contributed by atoms with E-state index in [0.717, 1.165) is 58.9 Å². The lowest BCUT2D eigenvalue weighted by Gasteiger charge is -2.31. The van der Waals surface area contributed by atoms with Crippen LogP contribution in [0.3, 0.4) is 0 Å². The van der Waals surface area contributed by atoms with Crippen molar-refractivity contribution in [3.05, 3.63) is 71.7 Å². The van der Waals surface area contributed by atoms with Crippen LogP contribution in [-0.2, 0) is 19.1 Å². The van der Waals surface area contributed by atoms with Gasteiger partial charge in [0, 0.05) is 28.7 Å². The first-order valence-corrected chi connectivity index (χ1v) is 20.9. The third-order valence-corrected chi connectivity index (χ3v) is 13.1. The number of likely N-dealkylation sites (tertiary alicyclic amines) is 2. The van der Waals surface area contributed by atoms with E-state index in [0.29, 0.717) is 40.2 Å². The molecule has 4 fully saturated rings. The van der Waals surface area contributed by atoms with E-state index in [-0.39, 0.29) is 47.8 Å². The topological polar surface area (TPSA) is 175 Å². The van der Waals surface area contributed by atoms with Gasteiger partial charge in [0.25, 0.3) is 0 Å². The number of carbonyl (C=O) groups is 4. The standard InChI is InChI=1S/C45H51FN8O6/c1-20(2)36(51-44(57)59-6)42(55)53-32-16-26(32)18-34(53)40-47-22(5)38(49-40)29-12-9-24(15-30(29)46)23-8-11-28-25(14-23)10-13-31-39(28)50-41(48-31)35-19-27-17-33(27)54(35)43(56)37(21(3)4)52-45(58)60-7/h8-15,20-21,26-27,32-37H,16-19H2,1-7H3,(H,47,49)(H,48,50)(H,51,57)(H,52,58)/t26-,27?,32?,33-,34+,35+,36+,37+/m1/s1. The fraction of sp³-hybridized carbons (Fsp3) is 0.467. The van der Waals surface area contributed by atoms with Crippen LogP contribution in [0.25, 0.3) is 44.2 Å². The molecule has 0 bridgehead atoms. The molecule has 2 aliphatic heterocycles. The number of nitrogens with zero attached hydrogens (tertiary/aromatic N) is 4. The summed E-state index contributed by atoms with van der Waals surface area (Å²) in [7, 11) is 2.57. The Morgan fingerprint density at radius 3 is 1.83 bits per heavy atom. The van der Waals surface area contributed by atoms with Crippen molar-refractivity contribution in [1.82, 2.24) is 40.4 Å². The number of halogens is 1. The fourth-order valence-corrected chi connectivity index (χ4v) is 9.70. The number of H-pyrrole nitrogens is 2. The van der Waals surface area contributed by atoms with Gasteiger partial charge in [-0.15, -0.1) is 0 Å². The number of fused-ring (bicyclic) bond motifs is 5. The van der Waals surface area contributed by atoms with Gasteiger partial charge in [0.1, 0.15) is 29.5 Å². The van der Waals surface area contributed by atoms with Gasteiger partial charge in [0.15, 0.2) is 0 Å². The van der Waals surface area contributed by atoms with Crippen LogP contribution in [-0.4, -0.2) is 92.1 Å². The van der Waals surface area contributed by atoms with Gasteiger partial charge in [-0.3, -0.25) is 9.59 Å². The molecule has 4 N–H and O–H groups in total. The smallest absolute Gasteiger partial charge is 0.407 e. The van der Waals surface area contributed by atoms with Crippen LogP contribution >= 0.6 is 0 Å². The maximum absolute atomic E-state index is 16.1. The fourth-order valence-electron chi connectivity index (χ4n) is 9.70. The van der Waals surface area contributed by atoms with Crippen molar-refractivity contribution in [3.8, 4) is 22.4 Å². The summed E-state index contributed by atoms with van der Waals surface area (Å²) in [5.74, 6) is 1.09. The molecule has 0 radical (unpaired) electrons. The van der Waals surface area contributed by atoms with Crippen molar-refractivity contribution in [2.75, 3.05) is 14.2 Å². The van der Waals surface area contributed by atoms with Crippen LogP contribution in [0, 0.1) is 36.4 Å². The minimum Gasteiger partial charge on any atom is -0.453 e. The number of methoxy groups -OCH3 is 2. The van der Waals surface area contributed by atoms with Crippen molar-refractivity contribution in [1.29, 1.82) is 0 Å². The number of aromatic nitrogens is 4. The van der Waals surface area contributed by atoms with Gasteiger partial charge < -0.3 is 39.9 Å². The number of piperidine rings is 2. The first kappa shape index (κ1) is 39.5. The molecule has 5 aromatic rings. The van der Waals surface area contributed by atoms with Crippen LogP contribution in [0.4, 0.5) is 14.0 Å². The number of imidazole rings is 2. The number of nitrogens with one attached hydrogen (secondary N) is 4. The number of ether oxygens (including phenoxy) is 2. The van der Waals surface area contributed by atoms with E-state index in [1.54, 1.807) is 6.07 Å². The Morgan fingerprint density at radius 2 is 1.28 bits per heavy atom. The summed E-state index contributed by atoms with van der Waals surface area (Å²) in [6, 6.07) is 13.4. The normalized spacial score (nSPS) is 23.8. The zero-order valence-corrected chi connectivity index (χ0v) is 34.8. The Labute approximate surface area is 347 Å². The molecule has 15 heteroatoms. The highest BCUT2D eigenvalue weighted by atomic mass is 19.1. The third-order valence-electron chi connectivity index (χ3n) is 13.1. The Bertz CT molecular complexity index is 2550. The van der Waals surface area contributed by atoms with E-state index in [4.69, 9.17) is 19.4 Å². The minimum atomic E-state index is -0.745. The lowest BCUT2D eigenvalue weighted by Crippen LogP contribution is -2.52. The van der Waals surface area contributed by atoms with Crippen LogP contribution in [0.15, 0.2) is 48.5 Å². The third kappa shape index (κ3) is 6.81. The minimum absolute atomic E-state index is 0.0841. The molecule has 4 aliphatic rings. The predicted octanol–water partition coefficient (Wildman–Crippen LogP) is 7.31. The van der Waals surface area contributed by atoms with Crippen LogP contribution < -0.4 is 10.6 Å². The lowest BCUT2D eigenvalue weighted by molar-refractivity contribution is -0.137. The van der Waals surface area contributed by atoms with Gasteiger partial charge in [-0.25, -0.2) is 23.9 Å². The zero-order chi connectivity index (χ0) is 42.3. The first-order valence-electron chi connectivity index (χ1n) is 20.9. The molecule has 9 rings (SSSR count). The van der Waals surface area contributed by atoms with Crippen LogP contribution in [0.2, 0.25) is 0 Å². The van der Waals surface area contributed by atoms with E-state index in [1.807, 2.05) is 80.8 Å². The molecule has 60 heavy (non-hydrogen) atoms. The van der Waals surface area contributed by atoms with E-state index >= 15 is 4.39 Å². The average molecular weight is 819 g/mol. The second-order valence-electron chi connectivity index (χ2n) is 17.6. The number of amides is 4. The molecule has 8 atom stereocenters. The summed E-state index contributed by atoms with van der Waals surface area (Å²) in [6.45, 7) is 9.44. The van der Waals surface area contributed by atoms with Crippen LogP contribution in [0.5, 0.6) is 0 Å². The Balaban J connectivity index is 0.954. The number of benzene rings is 3. The number of hydrogen-bond donors (Lipinski definition) is 4. The summed E-state index contributed by atoms with van der Waals surface area (Å²) >= 11 is 0. The van der Waals surface area contributed by atoms with Crippen LogP contribution in [0.1, 0.15) is 82.8 Å². The molecule has 2 saturated heterocycles. The van der Waals surface area contributed by atoms with Crippen molar-refractivity contribution < 1.29 is 33.0 Å². The highest BCUT2D eigenvalue weighted by Gasteiger charge is 2.57. The van der Waals surface area contributed by atoms with Gasteiger partial charge in [0.05, 0.1) is 43.0 Å². The summed E-state index contributed by atoms with van der Waals surface area (Å²) in [5, 5.41) is 7.32. The number of carbonyl (C=O) groups excluding carboxylic acids is 4. The van der Waals surface area contributed by atoms with Crippen molar-refractivity contribution >= 4 is 45.8 Å². The maximum atomic E-state index is 16.1. The summed E-state index contributed by atoms with van der Waals surface area (Å²) in [5.41, 5.74) is 4.75. The average Bonchev–Trinajstić information content (AvgIpc) is 3.91. The molecular weight excluding hydrogens is 768 g/mol. The maximum Gasteiger partial charge on any atom is 0.407 e. The molecule has 0 spiro atoms.